The van der Waals surface area contributed by atoms with Gasteiger partial charge in [-0.05, 0) is 78.6 Å². The van der Waals surface area contributed by atoms with Crippen molar-refractivity contribution in [2.24, 2.45) is 0 Å². The monoisotopic (exact) mass is 422 g/mol. The molecule has 166 valence electrons. The van der Waals surface area contributed by atoms with E-state index < -0.39 is 11.7 Å². The number of hydrogen-bond acceptors (Lipinski definition) is 4. The highest BCUT2D eigenvalue weighted by Gasteiger charge is 2.31. The number of pyridine rings is 1. The summed E-state index contributed by atoms with van der Waals surface area (Å²) in [4.78, 5) is 17.8. The molecule has 2 aromatic heterocycles. The lowest BCUT2D eigenvalue weighted by atomic mass is 9.89. The van der Waals surface area contributed by atoms with Crippen LogP contribution in [0, 0.1) is 20.8 Å². The smallest absolute Gasteiger partial charge is 0.163 e. The van der Waals surface area contributed by atoms with Gasteiger partial charge in [-0.3, -0.25) is 4.79 Å². The van der Waals surface area contributed by atoms with Gasteiger partial charge < -0.3 is 14.0 Å². The summed E-state index contributed by atoms with van der Waals surface area (Å²) in [6.07, 6.45) is -0.696. The van der Waals surface area contributed by atoms with Gasteiger partial charge in [0.2, 0.25) is 0 Å². The summed E-state index contributed by atoms with van der Waals surface area (Å²) >= 11 is 0. The molecule has 1 aromatic carbocycles. The molecule has 2 heterocycles. The normalized spacial score (nSPS) is 12.9. The predicted octanol–water partition coefficient (Wildman–Crippen LogP) is 6.10. The lowest BCUT2D eigenvalue weighted by Gasteiger charge is -2.29. The molecule has 0 radical (unpaired) electrons. The second kappa shape index (κ2) is 8.46. The number of rotatable bonds is 6. The number of methoxy groups -OCH3 is 1. The Morgan fingerprint density at radius 2 is 1.74 bits per heavy atom. The van der Waals surface area contributed by atoms with E-state index in [0.29, 0.717) is 0 Å². The number of aryl methyl sites for hydroxylation is 3. The van der Waals surface area contributed by atoms with E-state index in [1.54, 1.807) is 14.0 Å². The van der Waals surface area contributed by atoms with Crippen molar-refractivity contribution >= 4 is 16.8 Å². The molecule has 31 heavy (non-hydrogen) atoms. The molecule has 5 nitrogen and oxygen atoms in total. The van der Waals surface area contributed by atoms with E-state index in [4.69, 9.17) is 14.5 Å². The van der Waals surface area contributed by atoms with Gasteiger partial charge in [0.25, 0.3) is 0 Å². The van der Waals surface area contributed by atoms with E-state index in [0.717, 1.165) is 45.7 Å². The molecule has 1 unspecified atom stereocenters. The second-order valence-corrected chi connectivity index (χ2v) is 9.09. The van der Waals surface area contributed by atoms with Crippen molar-refractivity contribution in [3.8, 4) is 16.9 Å². The minimum atomic E-state index is -0.696. The van der Waals surface area contributed by atoms with Crippen molar-refractivity contribution in [3.05, 3.63) is 46.8 Å². The van der Waals surface area contributed by atoms with Crippen LogP contribution in [-0.4, -0.2) is 28.0 Å². The van der Waals surface area contributed by atoms with Crippen LogP contribution in [0.3, 0.4) is 0 Å². The Kier molecular flexibility index (Phi) is 6.28. The lowest BCUT2D eigenvalue weighted by molar-refractivity contribution is -0.138. The van der Waals surface area contributed by atoms with Crippen molar-refractivity contribution < 1.29 is 14.3 Å². The van der Waals surface area contributed by atoms with Crippen molar-refractivity contribution in [2.45, 2.75) is 73.6 Å². The summed E-state index contributed by atoms with van der Waals surface area (Å²) in [6, 6.07) is 7.99. The van der Waals surface area contributed by atoms with Gasteiger partial charge in [0.1, 0.15) is 17.5 Å². The second-order valence-electron chi connectivity index (χ2n) is 9.09. The van der Waals surface area contributed by atoms with Crippen molar-refractivity contribution in [1.82, 2.24) is 9.55 Å². The molecular formula is C26H34N2O3. The molecule has 5 heteroatoms. The van der Waals surface area contributed by atoms with Crippen LogP contribution >= 0.6 is 0 Å². The fourth-order valence-electron chi connectivity index (χ4n) is 4.26. The van der Waals surface area contributed by atoms with Gasteiger partial charge in [-0.15, -0.1) is 0 Å². The van der Waals surface area contributed by atoms with Crippen molar-refractivity contribution in [2.75, 3.05) is 7.11 Å². The first-order valence-corrected chi connectivity index (χ1v) is 10.8. The van der Waals surface area contributed by atoms with E-state index >= 15 is 0 Å². The zero-order valence-corrected chi connectivity index (χ0v) is 20.2. The Morgan fingerprint density at radius 3 is 2.23 bits per heavy atom. The molecule has 0 spiro atoms. The highest BCUT2D eigenvalue weighted by Crippen LogP contribution is 2.42. The molecule has 0 N–H and O–H groups in total. The van der Waals surface area contributed by atoms with Crippen LogP contribution in [0.5, 0.6) is 5.75 Å². The van der Waals surface area contributed by atoms with E-state index in [9.17, 15) is 4.79 Å². The number of benzene rings is 1. The summed E-state index contributed by atoms with van der Waals surface area (Å²) < 4.78 is 13.9. The first-order chi connectivity index (χ1) is 14.5. The SMILES string of the molecule is CCn1c(C)c(C)c2c(-c3ccc(OC)cc3)c(C(OC(C)(C)C)C(C)=O)c(C)nc21. The fraction of sp³-hybridized carbons (Fsp3) is 0.462. The maximum atomic E-state index is 12.8. The van der Waals surface area contributed by atoms with Crippen LogP contribution in [-0.2, 0) is 16.1 Å². The third-order valence-corrected chi connectivity index (χ3v) is 5.78. The van der Waals surface area contributed by atoms with Gasteiger partial charge >= 0.3 is 0 Å². The van der Waals surface area contributed by atoms with E-state index in [1.165, 1.54) is 11.3 Å². The van der Waals surface area contributed by atoms with Crippen molar-refractivity contribution in [3.63, 3.8) is 0 Å². The van der Waals surface area contributed by atoms with E-state index in [-0.39, 0.29) is 5.78 Å². The summed E-state index contributed by atoms with van der Waals surface area (Å²) in [5.74, 6) is 0.763. The molecule has 3 aromatic rings. The Hall–Kier alpha value is -2.66. The zero-order chi connectivity index (χ0) is 23.1. The maximum absolute atomic E-state index is 12.8. The maximum Gasteiger partial charge on any atom is 0.163 e. The summed E-state index contributed by atoms with van der Waals surface area (Å²) in [6.45, 7) is 16.7. The average molecular weight is 423 g/mol. The Bertz CT molecular complexity index is 1120. The Balaban J connectivity index is 2.47. The molecule has 3 rings (SSSR count). The van der Waals surface area contributed by atoms with Crippen LogP contribution in [0.1, 0.15) is 63.2 Å². The van der Waals surface area contributed by atoms with Crippen LogP contribution < -0.4 is 4.74 Å². The molecule has 0 aliphatic heterocycles. The Labute approximate surface area is 185 Å². The van der Waals surface area contributed by atoms with E-state index in [1.807, 2.05) is 52.0 Å². The van der Waals surface area contributed by atoms with Gasteiger partial charge in [0.15, 0.2) is 5.78 Å². The molecule has 0 bridgehead atoms. The van der Waals surface area contributed by atoms with Crippen molar-refractivity contribution in [1.29, 1.82) is 0 Å². The van der Waals surface area contributed by atoms with Gasteiger partial charge in [0, 0.05) is 34.4 Å². The standard InChI is InChI=1S/C26H34N2O3/c1-10-28-17(4)15(2)21-23(19-11-13-20(30-9)14-12-19)22(16(3)27-25(21)28)24(18(5)29)31-26(6,7)8/h11-14,24H,10H2,1-9H3. The molecule has 0 aliphatic carbocycles. The fourth-order valence-corrected chi connectivity index (χ4v) is 4.26. The minimum Gasteiger partial charge on any atom is -0.497 e. The first kappa shape index (κ1) is 23.0. The third-order valence-electron chi connectivity index (χ3n) is 5.78. The van der Waals surface area contributed by atoms with Crippen LogP contribution in [0.2, 0.25) is 0 Å². The van der Waals surface area contributed by atoms with Gasteiger partial charge in [-0.2, -0.15) is 0 Å². The quantitative estimate of drug-likeness (QED) is 0.481. The molecule has 0 amide bonds. The number of aromatic nitrogens is 2. The summed E-state index contributed by atoms with van der Waals surface area (Å²) in [7, 11) is 1.66. The van der Waals surface area contributed by atoms with E-state index in [2.05, 4.69) is 25.3 Å². The number of nitrogens with zero attached hydrogens (tertiary/aromatic N) is 2. The number of ether oxygens (including phenoxy) is 2. The van der Waals surface area contributed by atoms with Gasteiger partial charge in [-0.1, -0.05) is 12.1 Å². The molecule has 0 aliphatic rings. The number of hydrogen-bond donors (Lipinski definition) is 0. The first-order valence-electron chi connectivity index (χ1n) is 10.8. The number of ketones is 1. The molecule has 1 atom stereocenters. The van der Waals surface area contributed by atoms with Gasteiger partial charge in [-0.25, -0.2) is 4.98 Å². The van der Waals surface area contributed by atoms with Crippen LogP contribution in [0.15, 0.2) is 24.3 Å². The number of fused-ring (bicyclic) bond motifs is 1. The summed E-state index contributed by atoms with van der Waals surface area (Å²) in [5.41, 5.74) is 6.53. The zero-order valence-electron chi connectivity index (χ0n) is 20.2. The lowest BCUT2D eigenvalue weighted by Crippen LogP contribution is -2.27. The summed E-state index contributed by atoms with van der Waals surface area (Å²) in [5, 5.41) is 1.08. The average Bonchev–Trinajstić information content (AvgIpc) is 2.94. The Morgan fingerprint density at radius 1 is 1.13 bits per heavy atom. The number of Topliss-reactive ketones (excluding diaryl/α,β-unsaturated/α-hetero) is 1. The molecular weight excluding hydrogens is 388 g/mol. The highest BCUT2D eigenvalue weighted by molar-refractivity contribution is 6.01. The number of carbonyl (C=O) groups excluding carboxylic acids is 1. The molecule has 0 fully saturated rings. The third kappa shape index (κ3) is 4.24. The van der Waals surface area contributed by atoms with Gasteiger partial charge in [0.05, 0.1) is 12.7 Å². The predicted molar refractivity (Wildman–Crippen MR) is 126 cm³/mol. The largest absolute Gasteiger partial charge is 0.497 e. The topological polar surface area (TPSA) is 53.4 Å². The molecule has 0 saturated carbocycles. The van der Waals surface area contributed by atoms with Crippen LogP contribution in [0.25, 0.3) is 22.2 Å². The number of carbonyl (C=O) groups is 1. The minimum absolute atomic E-state index is 0.0294. The highest BCUT2D eigenvalue weighted by atomic mass is 16.5. The van der Waals surface area contributed by atoms with Crippen LogP contribution in [0.4, 0.5) is 0 Å². The molecule has 0 saturated heterocycles.